The van der Waals surface area contributed by atoms with E-state index in [0.29, 0.717) is 25.7 Å². The van der Waals surface area contributed by atoms with Crippen LogP contribution in [0.5, 0.6) is 0 Å². The van der Waals surface area contributed by atoms with Gasteiger partial charge in [-0.3, -0.25) is 9.59 Å². The van der Waals surface area contributed by atoms with E-state index in [0.717, 1.165) is 24.0 Å². The molecule has 108 valence electrons. The highest BCUT2D eigenvalue weighted by molar-refractivity contribution is 6.03. The Morgan fingerprint density at radius 3 is 1.67 bits per heavy atom. The highest BCUT2D eigenvalue weighted by Crippen LogP contribution is 2.66. The first-order valence-electron chi connectivity index (χ1n) is 7.46. The van der Waals surface area contributed by atoms with E-state index in [1.807, 2.05) is 0 Å². The molecule has 1 heterocycles. The van der Waals surface area contributed by atoms with Crippen molar-refractivity contribution in [3.63, 3.8) is 0 Å². The summed E-state index contributed by atoms with van der Waals surface area (Å²) < 4.78 is 5.13. The van der Waals surface area contributed by atoms with Crippen LogP contribution in [0.1, 0.15) is 38.5 Å². The minimum atomic E-state index is -0.730. The van der Waals surface area contributed by atoms with Gasteiger partial charge in [-0.2, -0.15) is 0 Å². The van der Waals surface area contributed by atoms with Crippen LogP contribution >= 0.6 is 0 Å². The van der Waals surface area contributed by atoms with Crippen molar-refractivity contribution in [2.24, 2.45) is 10.8 Å². The minimum absolute atomic E-state index is 0.345. The Labute approximate surface area is 124 Å². The van der Waals surface area contributed by atoms with E-state index in [4.69, 9.17) is 4.74 Å². The van der Waals surface area contributed by atoms with Crippen LogP contribution in [-0.2, 0) is 14.3 Å². The lowest BCUT2D eigenvalue weighted by Gasteiger charge is -2.49. The molecule has 4 aliphatic rings. The highest BCUT2D eigenvalue weighted by atomic mass is 16.6. The predicted molar refractivity (Wildman–Crippen MR) is 78.1 cm³/mol. The number of hydrogen-bond acceptors (Lipinski definition) is 3. The fraction of sp³-hybridized carbons (Fsp3) is 0.444. The van der Waals surface area contributed by atoms with Crippen molar-refractivity contribution in [1.29, 1.82) is 0 Å². The largest absolute Gasteiger partial charge is 0.392 e. The predicted octanol–water partition coefficient (Wildman–Crippen LogP) is 3.39. The summed E-state index contributed by atoms with van der Waals surface area (Å²) in [7, 11) is 0. The molecule has 0 aromatic heterocycles. The molecule has 0 aromatic carbocycles. The summed E-state index contributed by atoms with van der Waals surface area (Å²) in [6.45, 7) is 8.11. The number of carbonyl (C=O) groups excluding carboxylic acids is 2. The van der Waals surface area contributed by atoms with Crippen LogP contribution in [0.2, 0.25) is 0 Å². The summed E-state index contributed by atoms with van der Waals surface area (Å²) in [5.74, 6) is -0.690. The first-order chi connectivity index (χ1) is 9.98. The molecule has 0 spiro atoms. The van der Waals surface area contributed by atoms with Crippen molar-refractivity contribution < 1.29 is 14.3 Å². The molecule has 3 heteroatoms. The zero-order chi connectivity index (χ0) is 14.8. The quantitative estimate of drug-likeness (QED) is 0.388. The molecular formula is C18H18O3. The second kappa shape index (κ2) is 3.85. The maximum atomic E-state index is 12.5. The van der Waals surface area contributed by atoms with Gasteiger partial charge in [-0.05, 0) is 38.5 Å². The molecule has 0 amide bonds. The number of rotatable bonds is 0. The molecule has 0 radical (unpaired) electrons. The van der Waals surface area contributed by atoms with E-state index in [-0.39, 0.29) is 11.9 Å². The zero-order valence-electron chi connectivity index (χ0n) is 12.0. The summed E-state index contributed by atoms with van der Waals surface area (Å²) in [4.78, 5) is 25.1. The molecule has 3 aliphatic carbocycles. The van der Waals surface area contributed by atoms with Crippen LogP contribution in [0, 0.1) is 10.8 Å². The minimum Gasteiger partial charge on any atom is -0.392 e. The second-order valence-corrected chi connectivity index (χ2v) is 6.84. The zero-order valence-corrected chi connectivity index (χ0v) is 12.0. The summed E-state index contributed by atoms with van der Waals surface area (Å²) >= 11 is 0. The Morgan fingerprint density at radius 2 is 1.24 bits per heavy atom. The summed E-state index contributed by atoms with van der Waals surface area (Å²) in [6.07, 6.45) is 8.40. The molecule has 0 N–H and O–H groups in total. The van der Waals surface area contributed by atoms with E-state index in [2.05, 4.69) is 25.3 Å². The molecule has 1 aliphatic heterocycles. The Hall–Kier alpha value is -1.90. The molecule has 0 unspecified atom stereocenters. The van der Waals surface area contributed by atoms with Crippen LogP contribution < -0.4 is 0 Å². The van der Waals surface area contributed by atoms with Crippen molar-refractivity contribution in [3.8, 4) is 0 Å². The van der Waals surface area contributed by atoms with Gasteiger partial charge >= 0.3 is 11.9 Å². The molecule has 2 fully saturated rings. The molecule has 3 nitrogen and oxygen atoms in total. The van der Waals surface area contributed by atoms with Gasteiger partial charge in [-0.25, -0.2) is 0 Å². The molecule has 4 rings (SSSR count). The first-order valence-corrected chi connectivity index (χ1v) is 7.46. The maximum absolute atomic E-state index is 12.5. The van der Waals surface area contributed by atoms with Crippen molar-refractivity contribution in [2.45, 2.75) is 38.5 Å². The van der Waals surface area contributed by atoms with Crippen molar-refractivity contribution in [3.05, 3.63) is 47.6 Å². The summed E-state index contributed by atoms with van der Waals surface area (Å²) in [5.41, 5.74) is 2.97. The Kier molecular flexibility index (Phi) is 2.35. The maximum Gasteiger partial charge on any atom is 0.321 e. The fourth-order valence-corrected chi connectivity index (χ4v) is 4.60. The number of ether oxygens (including phenoxy) is 1. The van der Waals surface area contributed by atoms with Gasteiger partial charge in [-0.1, -0.05) is 47.6 Å². The fourth-order valence-electron chi connectivity index (χ4n) is 4.60. The lowest BCUT2D eigenvalue weighted by atomic mass is 9.48. The standard InChI is InChI=1S/C18H18O3/c1-11-7-17-9-13-5-3-4-6-14(13)10-18(17,8-12(11)2)16(20)21-15(17)19/h3-4H,1-2,5-10H2/t17-,18+. The van der Waals surface area contributed by atoms with Crippen molar-refractivity contribution in [2.75, 3.05) is 0 Å². The van der Waals surface area contributed by atoms with Gasteiger partial charge in [0.2, 0.25) is 0 Å². The van der Waals surface area contributed by atoms with Crippen LogP contribution in [0.4, 0.5) is 0 Å². The number of carbonyl (C=O) groups is 2. The molecule has 0 aromatic rings. The van der Waals surface area contributed by atoms with Crippen LogP contribution in [0.15, 0.2) is 47.6 Å². The van der Waals surface area contributed by atoms with Gasteiger partial charge in [0.25, 0.3) is 0 Å². The van der Waals surface area contributed by atoms with Crippen LogP contribution in [0.3, 0.4) is 0 Å². The van der Waals surface area contributed by atoms with Gasteiger partial charge in [-0.15, -0.1) is 0 Å². The second-order valence-electron chi connectivity index (χ2n) is 6.84. The van der Waals surface area contributed by atoms with Crippen molar-refractivity contribution in [1.82, 2.24) is 0 Å². The SMILES string of the molecule is C=C1C[C@@]23CC4=C(CC=CC4)C[C@]2(CC1=C)C(=O)OC3=O. The van der Waals surface area contributed by atoms with Gasteiger partial charge < -0.3 is 4.74 Å². The average Bonchev–Trinajstić information content (AvgIpc) is 2.65. The lowest BCUT2D eigenvalue weighted by Crippen LogP contribution is -2.51. The van der Waals surface area contributed by atoms with E-state index in [1.165, 1.54) is 11.1 Å². The van der Waals surface area contributed by atoms with E-state index in [9.17, 15) is 9.59 Å². The normalized spacial score (nSPS) is 38.1. The molecule has 0 bridgehead atoms. The summed E-state index contributed by atoms with van der Waals surface area (Å²) in [5, 5.41) is 0. The van der Waals surface area contributed by atoms with Gasteiger partial charge in [0.05, 0.1) is 10.8 Å². The van der Waals surface area contributed by atoms with E-state index >= 15 is 0 Å². The monoisotopic (exact) mass is 282 g/mol. The third kappa shape index (κ3) is 1.39. The molecule has 21 heavy (non-hydrogen) atoms. The smallest absolute Gasteiger partial charge is 0.321 e. The third-order valence-electron chi connectivity index (χ3n) is 5.84. The van der Waals surface area contributed by atoms with Crippen molar-refractivity contribution >= 4 is 11.9 Å². The topological polar surface area (TPSA) is 43.4 Å². The Bertz CT molecular complexity index is 623. The number of cyclic esters (lactones) is 2. The molecule has 2 atom stereocenters. The molecule has 1 saturated carbocycles. The van der Waals surface area contributed by atoms with Crippen LogP contribution in [-0.4, -0.2) is 11.9 Å². The molecular weight excluding hydrogens is 264 g/mol. The molecule has 1 saturated heterocycles. The number of esters is 2. The average molecular weight is 282 g/mol. The first kappa shape index (κ1) is 12.8. The van der Waals surface area contributed by atoms with Gasteiger partial charge in [0.15, 0.2) is 0 Å². The Balaban J connectivity index is 1.91. The van der Waals surface area contributed by atoms with Crippen LogP contribution in [0.25, 0.3) is 0 Å². The van der Waals surface area contributed by atoms with E-state index < -0.39 is 10.8 Å². The number of hydrogen-bond donors (Lipinski definition) is 0. The number of allylic oxidation sites excluding steroid dienone is 6. The van der Waals surface area contributed by atoms with Gasteiger partial charge in [0, 0.05) is 0 Å². The van der Waals surface area contributed by atoms with E-state index in [1.54, 1.807) is 0 Å². The lowest BCUT2D eigenvalue weighted by molar-refractivity contribution is -0.155. The highest BCUT2D eigenvalue weighted by Gasteiger charge is 2.71. The van der Waals surface area contributed by atoms with Gasteiger partial charge in [0.1, 0.15) is 0 Å². The Morgan fingerprint density at radius 1 is 0.810 bits per heavy atom. The summed E-state index contributed by atoms with van der Waals surface area (Å²) in [6, 6.07) is 0. The third-order valence-corrected chi connectivity index (χ3v) is 5.84.